The van der Waals surface area contributed by atoms with Crippen LogP contribution in [0.2, 0.25) is 0 Å². The molecule has 0 radical (unpaired) electrons. The van der Waals surface area contributed by atoms with Crippen LogP contribution in [0.1, 0.15) is 52.6 Å². The Kier molecular flexibility index (Phi) is 4.63. The smallest absolute Gasteiger partial charge is 0.336 e. The molecule has 0 aliphatic carbocycles. The molecule has 0 aromatic carbocycles. The number of unbranched alkanes of at least 4 members (excludes halogenated alkanes) is 2. The summed E-state index contributed by atoms with van der Waals surface area (Å²) in [7, 11) is 0. The van der Waals surface area contributed by atoms with Crippen molar-refractivity contribution in [1.82, 2.24) is 4.98 Å². The van der Waals surface area contributed by atoms with Gasteiger partial charge in [0, 0.05) is 6.20 Å². The molecule has 1 heterocycles. The van der Waals surface area contributed by atoms with Crippen molar-refractivity contribution in [3.05, 3.63) is 29.1 Å². The lowest BCUT2D eigenvalue weighted by atomic mass is 9.99. The molecule has 1 aromatic rings. The summed E-state index contributed by atoms with van der Waals surface area (Å²) in [5.41, 5.74) is 5.82. The molecule has 92 valence electrons. The van der Waals surface area contributed by atoms with Gasteiger partial charge < -0.3 is 10.8 Å². The lowest BCUT2D eigenvalue weighted by Gasteiger charge is -2.08. The van der Waals surface area contributed by atoms with Crippen molar-refractivity contribution >= 4 is 11.9 Å². The Morgan fingerprint density at radius 3 is 2.65 bits per heavy atom. The predicted octanol–water partition coefficient (Wildman–Crippen LogP) is 1.61. The van der Waals surface area contributed by atoms with Crippen molar-refractivity contribution in [3.63, 3.8) is 0 Å². The molecule has 1 rings (SSSR count). The number of rotatable bonds is 6. The van der Waals surface area contributed by atoms with E-state index in [-0.39, 0.29) is 11.3 Å². The number of primary amides is 1. The van der Waals surface area contributed by atoms with E-state index in [9.17, 15) is 9.59 Å². The third-order valence-corrected chi connectivity index (χ3v) is 2.55. The van der Waals surface area contributed by atoms with Crippen molar-refractivity contribution in [2.24, 2.45) is 5.73 Å². The third-order valence-electron chi connectivity index (χ3n) is 2.55. The van der Waals surface area contributed by atoms with E-state index in [4.69, 9.17) is 10.8 Å². The summed E-state index contributed by atoms with van der Waals surface area (Å²) < 4.78 is 0. The Balaban J connectivity index is 3.10. The zero-order valence-electron chi connectivity index (χ0n) is 9.77. The average Bonchev–Trinajstić information content (AvgIpc) is 2.28. The first-order chi connectivity index (χ1) is 8.07. The molecule has 0 saturated heterocycles. The molecular formula is C12H16N2O3. The number of carbonyl (C=O) groups excluding carboxylic acids is 1. The zero-order valence-corrected chi connectivity index (χ0v) is 9.77. The van der Waals surface area contributed by atoms with Gasteiger partial charge in [-0.05, 0) is 24.5 Å². The highest BCUT2D eigenvalue weighted by molar-refractivity contribution is 5.97. The molecule has 0 spiro atoms. The highest BCUT2D eigenvalue weighted by Crippen LogP contribution is 2.16. The van der Waals surface area contributed by atoms with Gasteiger partial charge in [-0.2, -0.15) is 0 Å². The first-order valence-corrected chi connectivity index (χ1v) is 5.59. The Morgan fingerprint density at radius 1 is 1.41 bits per heavy atom. The van der Waals surface area contributed by atoms with Gasteiger partial charge >= 0.3 is 5.97 Å². The number of hydrogen-bond donors (Lipinski definition) is 2. The number of nitrogens with two attached hydrogens (primary N) is 1. The van der Waals surface area contributed by atoms with Crippen molar-refractivity contribution in [2.75, 3.05) is 0 Å². The first-order valence-electron chi connectivity index (χ1n) is 5.59. The minimum Gasteiger partial charge on any atom is -0.478 e. The second kappa shape index (κ2) is 5.98. The van der Waals surface area contributed by atoms with Gasteiger partial charge in [-0.3, -0.25) is 9.78 Å². The summed E-state index contributed by atoms with van der Waals surface area (Å²) in [6.07, 6.45) is 4.64. The lowest BCUT2D eigenvalue weighted by Crippen LogP contribution is -2.18. The molecule has 0 saturated carbocycles. The Bertz CT molecular complexity index is 398. The maximum Gasteiger partial charge on any atom is 0.336 e. The second-order valence-electron chi connectivity index (χ2n) is 3.81. The minimum atomic E-state index is -1.05. The van der Waals surface area contributed by atoms with Crippen LogP contribution in [0, 0.1) is 0 Å². The van der Waals surface area contributed by atoms with E-state index in [2.05, 4.69) is 11.9 Å². The molecule has 0 unspecified atom stereocenters. The SMILES string of the molecule is CCCCCc1c(C(=O)O)ccnc1C(N)=O. The van der Waals surface area contributed by atoms with Gasteiger partial charge in [0.25, 0.3) is 5.91 Å². The number of amides is 1. The maximum atomic E-state index is 11.2. The number of carboxylic acids is 1. The normalized spacial score (nSPS) is 10.2. The first kappa shape index (κ1) is 13.2. The van der Waals surface area contributed by atoms with E-state index < -0.39 is 11.9 Å². The molecule has 0 aliphatic rings. The molecule has 5 heteroatoms. The van der Waals surface area contributed by atoms with Gasteiger partial charge in [0.05, 0.1) is 5.56 Å². The molecule has 5 nitrogen and oxygen atoms in total. The van der Waals surface area contributed by atoms with E-state index in [0.29, 0.717) is 12.0 Å². The van der Waals surface area contributed by atoms with E-state index in [1.54, 1.807) is 0 Å². The van der Waals surface area contributed by atoms with Gasteiger partial charge in [0.2, 0.25) is 0 Å². The average molecular weight is 236 g/mol. The van der Waals surface area contributed by atoms with Crippen LogP contribution >= 0.6 is 0 Å². The summed E-state index contributed by atoms with van der Waals surface area (Å²) in [4.78, 5) is 26.1. The van der Waals surface area contributed by atoms with Crippen LogP contribution in [0.25, 0.3) is 0 Å². The Labute approximate surface area is 99.7 Å². The van der Waals surface area contributed by atoms with Gasteiger partial charge in [-0.1, -0.05) is 19.8 Å². The van der Waals surface area contributed by atoms with Gasteiger partial charge in [0.15, 0.2) is 0 Å². The quantitative estimate of drug-likeness (QED) is 0.734. The van der Waals surface area contributed by atoms with Crippen LogP contribution in [0.3, 0.4) is 0 Å². The summed E-state index contributed by atoms with van der Waals surface area (Å²) in [5, 5.41) is 9.05. The van der Waals surface area contributed by atoms with Gasteiger partial charge in [0.1, 0.15) is 5.69 Å². The number of carboxylic acid groups (broad SMARTS) is 1. The standard InChI is InChI=1S/C12H16N2O3/c1-2-3-4-5-8-9(12(16)17)6-7-14-10(8)11(13)15/h6-7H,2-5H2,1H3,(H2,13,15)(H,16,17). The second-order valence-corrected chi connectivity index (χ2v) is 3.81. The topological polar surface area (TPSA) is 93.3 Å². The van der Waals surface area contributed by atoms with Crippen LogP contribution in [-0.4, -0.2) is 22.0 Å². The van der Waals surface area contributed by atoms with Crippen LogP contribution < -0.4 is 5.73 Å². The highest BCUT2D eigenvalue weighted by atomic mass is 16.4. The van der Waals surface area contributed by atoms with E-state index in [1.165, 1.54) is 12.3 Å². The summed E-state index contributed by atoms with van der Waals surface area (Å²) in [6, 6.07) is 1.40. The van der Waals surface area contributed by atoms with Gasteiger partial charge in [-0.25, -0.2) is 4.79 Å². The van der Waals surface area contributed by atoms with Crippen LogP contribution in [-0.2, 0) is 6.42 Å². The van der Waals surface area contributed by atoms with Crippen LogP contribution in [0.15, 0.2) is 12.3 Å². The number of pyridine rings is 1. The van der Waals surface area contributed by atoms with Crippen molar-refractivity contribution in [1.29, 1.82) is 0 Å². The molecule has 1 aromatic heterocycles. The molecular weight excluding hydrogens is 220 g/mol. The molecule has 3 N–H and O–H groups in total. The van der Waals surface area contributed by atoms with E-state index in [1.807, 2.05) is 0 Å². The van der Waals surface area contributed by atoms with E-state index >= 15 is 0 Å². The third kappa shape index (κ3) is 3.27. The molecule has 1 amide bonds. The molecule has 0 atom stereocenters. The van der Waals surface area contributed by atoms with Crippen LogP contribution in [0.5, 0.6) is 0 Å². The summed E-state index contributed by atoms with van der Waals surface area (Å²) in [6.45, 7) is 2.05. The van der Waals surface area contributed by atoms with Crippen molar-refractivity contribution < 1.29 is 14.7 Å². The molecule has 0 bridgehead atoms. The van der Waals surface area contributed by atoms with Gasteiger partial charge in [-0.15, -0.1) is 0 Å². The van der Waals surface area contributed by atoms with Crippen molar-refractivity contribution in [2.45, 2.75) is 32.6 Å². The molecule has 17 heavy (non-hydrogen) atoms. The minimum absolute atomic E-state index is 0.0704. The fourth-order valence-electron chi connectivity index (χ4n) is 1.71. The van der Waals surface area contributed by atoms with E-state index in [0.717, 1.165) is 19.3 Å². The Morgan fingerprint density at radius 2 is 2.12 bits per heavy atom. The highest BCUT2D eigenvalue weighted by Gasteiger charge is 2.17. The maximum absolute atomic E-state index is 11.2. The molecule has 0 aliphatic heterocycles. The summed E-state index contributed by atoms with van der Waals surface area (Å²) >= 11 is 0. The number of nitrogens with zero attached hydrogens (tertiary/aromatic N) is 1. The van der Waals surface area contributed by atoms with Crippen LogP contribution in [0.4, 0.5) is 0 Å². The fourth-order valence-corrected chi connectivity index (χ4v) is 1.71. The monoisotopic (exact) mass is 236 g/mol. The molecule has 0 fully saturated rings. The summed E-state index contributed by atoms with van der Waals surface area (Å²) in [5.74, 6) is -1.74. The number of hydrogen-bond acceptors (Lipinski definition) is 3. The Hall–Kier alpha value is -1.91. The largest absolute Gasteiger partial charge is 0.478 e. The number of aromatic nitrogens is 1. The number of aromatic carboxylic acids is 1. The predicted molar refractivity (Wildman–Crippen MR) is 62.9 cm³/mol. The fraction of sp³-hybridized carbons (Fsp3) is 0.417. The van der Waals surface area contributed by atoms with Crippen molar-refractivity contribution in [3.8, 4) is 0 Å². The lowest BCUT2D eigenvalue weighted by molar-refractivity contribution is 0.0695. The number of carbonyl (C=O) groups is 2. The zero-order chi connectivity index (χ0) is 12.8.